The number of imidazole rings is 1. The smallest absolute Gasteiger partial charge is 0.408 e. The second kappa shape index (κ2) is 8.77. The molecule has 3 aromatic heterocycles. The van der Waals surface area contributed by atoms with Crippen LogP contribution in [0.5, 0.6) is 0 Å². The van der Waals surface area contributed by atoms with Gasteiger partial charge in [-0.15, -0.1) is 0 Å². The van der Waals surface area contributed by atoms with Crippen LogP contribution in [0.1, 0.15) is 47.6 Å². The fraction of sp³-hybridized carbons (Fsp3) is 0.375. The second-order valence-electron chi connectivity index (χ2n) is 8.85. The molecule has 1 saturated heterocycles. The molecule has 6 rings (SSSR count). The number of nitrogens with one attached hydrogen (secondary N) is 2. The molecule has 2 N–H and O–H groups in total. The van der Waals surface area contributed by atoms with E-state index in [1.807, 2.05) is 17.0 Å². The van der Waals surface area contributed by atoms with Crippen molar-refractivity contribution >= 4 is 34.5 Å². The van der Waals surface area contributed by atoms with Crippen LogP contribution < -0.4 is 11.4 Å². The molecule has 1 aromatic carbocycles. The van der Waals surface area contributed by atoms with E-state index in [1.165, 1.54) is 6.07 Å². The average Bonchev–Trinajstić information content (AvgIpc) is 3.53. The number of aromatic amines is 2. The lowest BCUT2D eigenvalue weighted by atomic mass is 10.0. The number of benzene rings is 1. The fourth-order valence-electron chi connectivity index (χ4n) is 4.57. The predicted octanol–water partition coefficient (Wildman–Crippen LogP) is 2.54. The standard InChI is InChI=1S/C15H18N4O2.C9H7NO3/c20-14(10-3-4-10)18-8-5-11(6-9-18)19-12-2-1-7-16-13(12)17-15(19)21;1-5-2-6(4-11)3-7-8(5)10-9(12)13-7/h1-2,7,10-11H,3-6,8-9H2,(H,16,17,21);2-4H,1H3,(H,10,12). The summed E-state index contributed by atoms with van der Waals surface area (Å²) in [4.78, 5) is 57.0. The molecule has 1 saturated carbocycles. The number of amides is 1. The highest BCUT2D eigenvalue weighted by atomic mass is 16.4. The van der Waals surface area contributed by atoms with Crippen molar-refractivity contribution in [3.63, 3.8) is 0 Å². The summed E-state index contributed by atoms with van der Waals surface area (Å²) < 4.78 is 6.63. The number of oxazole rings is 1. The van der Waals surface area contributed by atoms with Gasteiger partial charge in [0.1, 0.15) is 6.29 Å². The lowest BCUT2D eigenvalue weighted by molar-refractivity contribution is -0.133. The number of aryl methyl sites for hydroxylation is 1. The number of hydrogen-bond acceptors (Lipinski definition) is 6. The molecule has 176 valence electrons. The molecule has 0 spiro atoms. The Kier molecular flexibility index (Phi) is 5.64. The topological polar surface area (TPSA) is 134 Å². The van der Waals surface area contributed by atoms with Crippen LogP contribution in [-0.4, -0.2) is 49.7 Å². The minimum absolute atomic E-state index is 0.101. The number of carbonyl (C=O) groups excluding carboxylic acids is 2. The van der Waals surface area contributed by atoms with E-state index < -0.39 is 5.76 Å². The van der Waals surface area contributed by atoms with Crippen LogP contribution >= 0.6 is 0 Å². The van der Waals surface area contributed by atoms with Gasteiger partial charge in [0.2, 0.25) is 5.91 Å². The molecule has 10 heteroatoms. The molecular formula is C24H25N5O5. The first kappa shape index (κ1) is 21.9. The quantitative estimate of drug-likeness (QED) is 0.449. The molecule has 2 aliphatic rings. The normalized spacial score (nSPS) is 16.4. The summed E-state index contributed by atoms with van der Waals surface area (Å²) in [6, 6.07) is 7.15. The number of hydrogen-bond donors (Lipinski definition) is 2. The molecule has 1 aliphatic carbocycles. The molecular weight excluding hydrogens is 438 g/mol. The summed E-state index contributed by atoms with van der Waals surface area (Å²) in [5.41, 5.74) is 3.80. The van der Waals surface area contributed by atoms with Crippen molar-refractivity contribution in [1.82, 2.24) is 24.4 Å². The highest BCUT2D eigenvalue weighted by molar-refractivity contribution is 5.85. The highest BCUT2D eigenvalue weighted by Crippen LogP contribution is 2.33. The number of pyridine rings is 1. The SMILES string of the molecule is Cc1cc(C=O)cc2oc(=O)[nH]c12.O=C(C1CC1)N1CCC(n2c(=O)[nH]c3ncccc32)CC1. The van der Waals surface area contributed by atoms with Gasteiger partial charge in [0, 0.05) is 36.8 Å². The third-order valence-electron chi connectivity index (χ3n) is 6.45. The van der Waals surface area contributed by atoms with Crippen LogP contribution in [0.2, 0.25) is 0 Å². The average molecular weight is 463 g/mol. The Morgan fingerprint density at radius 1 is 1.15 bits per heavy atom. The van der Waals surface area contributed by atoms with Crippen molar-refractivity contribution in [1.29, 1.82) is 0 Å². The largest absolute Gasteiger partial charge is 0.417 e. The first-order valence-electron chi connectivity index (χ1n) is 11.4. The zero-order chi connectivity index (χ0) is 23.8. The minimum Gasteiger partial charge on any atom is -0.408 e. The first-order chi connectivity index (χ1) is 16.4. The molecule has 1 aliphatic heterocycles. The van der Waals surface area contributed by atoms with Gasteiger partial charge in [0.25, 0.3) is 0 Å². The monoisotopic (exact) mass is 463 g/mol. The van der Waals surface area contributed by atoms with Crippen molar-refractivity contribution in [3.05, 3.63) is 62.6 Å². The van der Waals surface area contributed by atoms with Crippen molar-refractivity contribution in [3.8, 4) is 0 Å². The van der Waals surface area contributed by atoms with Gasteiger partial charge in [-0.25, -0.2) is 14.6 Å². The molecule has 1 amide bonds. The van der Waals surface area contributed by atoms with Gasteiger partial charge in [0.05, 0.1) is 11.0 Å². The summed E-state index contributed by atoms with van der Waals surface area (Å²) in [6.45, 7) is 3.31. The summed E-state index contributed by atoms with van der Waals surface area (Å²) in [5, 5.41) is 0. The molecule has 0 radical (unpaired) electrons. The van der Waals surface area contributed by atoms with Gasteiger partial charge in [-0.3, -0.25) is 24.1 Å². The summed E-state index contributed by atoms with van der Waals surface area (Å²) in [6.07, 6.45) is 6.16. The van der Waals surface area contributed by atoms with Gasteiger partial charge < -0.3 is 9.32 Å². The highest BCUT2D eigenvalue weighted by Gasteiger charge is 2.35. The fourth-order valence-corrected chi connectivity index (χ4v) is 4.57. The summed E-state index contributed by atoms with van der Waals surface area (Å²) in [5.74, 6) is 0.0871. The van der Waals surface area contributed by atoms with E-state index in [4.69, 9.17) is 4.42 Å². The first-order valence-corrected chi connectivity index (χ1v) is 11.4. The zero-order valence-corrected chi connectivity index (χ0v) is 18.7. The molecule has 2 fully saturated rings. The maximum absolute atomic E-state index is 12.2. The number of nitrogens with zero attached hydrogens (tertiary/aromatic N) is 3. The van der Waals surface area contributed by atoms with Crippen LogP contribution in [0.4, 0.5) is 0 Å². The van der Waals surface area contributed by atoms with E-state index in [0.29, 0.717) is 28.2 Å². The van der Waals surface area contributed by atoms with E-state index in [0.717, 1.165) is 56.1 Å². The molecule has 10 nitrogen and oxygen atoms in total. The van der Waals surface area contributed by atoms with Gasteiger partial charge in [-0.1, -0.05) is 0 Å². The molecule has 4 aromatic rings. The molecule has 0 bridgehead atoms. The maximum Gasteiger partial charge on any atom is 0.417 e. The number of carbonyl (C=O) groups is 2. The van der Waals surface area contributed by atoms with Crippen LogP contribution in [0.3, 0.4) is 0 Å². The maximum atomic E-state index is 12.2. The Hall–Kier alpha value is -3.95. The molecule has 0 atom stereocenters. The minimum atomic E-state index is -0.499. The third kappa shape index (κ3) is 4.18. The predicted molar refractivity (Wildman–Crippen MR) is 125 cm³/mol. The number of fused-ring (bicyclic) bond motifs is 2. The van der Waals surface area contributed by atoms with Crippen molar-refractivity contribution in [2.75, 3.05) is 13.1 Å². The summed E-state index contributed by atoms with van der Waals surface area (Å²) >= 11 is 0. The van der Waals surface area contributed by atoms with E-state index in [1.54, 1.807) is 23.8 Å². The van der Waals surface area contributed by atoms with E-state index in [9.17, 15) is 19.2 Å². The second-order valence-corrected chi connectivity index (χ2v) is 8.85. The molecule has 34 heavy (non-hydrogen) atoms. The number of piperidine rings is 1. The summed E-state index contributed by atoms with van der Waals surface area (Å²) in [7, 11) is 0. The van der Waals surface area contributed by atoms with Crippen LogP contribution in [-0.2, 0) is 4.79 Å². The lowest BCUT2D eigenvalue weighted by Crippen LogP contribution is -2.41. The Balaban J connectivity index is 0.000000159. The Bertz CT molecular complexity index is 1480. The van der Waals surface area contributed by atoms with E-state index in [2.05, 4.69) is 15.0 Å². The Labute approximate surface area is 193 Å². The zero-order valence-electron chi connectivity index (χ0n) is 18.7. The van der Waals surface area contributed by atoms with Crippen LogP contribution in [0.25, 0.3) is 22.3 Å². The van der Waals surface area contributed by atoms with Crippen LogP contribution in [0, 0.1) is 12.8 Å². The van der Waals surface area contributed by atoms with Crippen molar-refractivity contribution in [2.45, 2.75) is 38.6 Å². The molecule has 0 unspecified atom stereocenters. The Morgan fingerprint density at radius 2 is 1.91 bits per heavy atom. The van der Waals surface area contributed by atoms with Gasteiger partial charge in [-0.05, 0) is 62.4 Å². The lowest BCUT2D eigenvalue weighted by Gasteiger charge is -2.32. The third-order valence-corrected chi connectivity index (χ3v) is 6.45. The van der Waals surface area contributed by atoms with Gasteiger partial charge >= 0.3 is 11.4 Å². The van der Waals surface area contributed by atoms with Gasteiger partial charge in [0.15, 0.2) is 11.2 Å². The van der Waals surface area contributed by atoms with Crippen LogP contribution in [0.15, 0.2) is 44.5 Å². The number of rotatable bonds is 3. The number of aromatic nitrogens is 4. The van der Waals surface area contributed by atoms with E-state index in [-0.39, 0.29) is 17.6 Å². The Morgan fingerprint density at radius 3 is 2.62 bits per heavy atom. The number of aldehydes is 1. The number of H-pyrrole nitrogens is 2. The number of likely N-dealkylation sites (tertiary alicyclic amines) is 1. The van der Waals surface area contributed by atoms with Crippen molar-refractivity contribution in [2.24, 2.45) is 5.92 Å². The van der Waals surface area contributed by atoms with Crippen molar-refractivity contribution < 1.29 is 14.0 Å². The van der Waals surface area contributed by atoms with Gasteiger partial charge in [-0.2, -0.15) is 0 Å². The molecule has 4 heterocycles. The van der Waals surface area contributed by atoms with E-state index >= 15 is 0 Å².